The molecule has 0 aliphatic heterocycles. The number of rotatable bonds is 6. The molecule has 0 amide bonds. The van der Waals surface area contributed by atoms with Gasteiger partial charge in [-0.3, -0.25) is 4.57 Å². The number of aromatic nitrogens is 3. The summed E-state index contributed by atoms with van der Waals surface area (Å²) in [6.07, 6.45) is 3.26. The van der Waals surface area contributed by atoms with Gasteiger partial charge in [0.05, 0.1) is 30.7 Å². The van der Waals surface area contributed by atoms with Crippen LogP contribution in [0.5, 0.6) is 0 Å². The molecule has 128 valence electrons. The van der Waals surface area contributed by atoms with Crippen molar-refractivity contribution >= 4 is 11.8 Å². The lowest BCUT2D eigenvalue weighted by Gasteiger charge is -2.07. The first kappa shape index (κ1) is 16.2. The van der Waals surface area contributed by atoms with Crippen LogP contribution < -0.4 is 0 Å². The smallest absolute Gasteiger partial charge is 0.200 e. The third-order valence-corrected chi connectivity index (χ3v) is 4.84. The van der Waals surface area contributed by atoms with Gasteiger partial charge in [0, 0.05) is 5.75 Å². The first-order chi connectivity index (χ1) is 12.8. The molecule has 0 N–H and O–H groups in total. The minimum Gasteiger partial charge on any atom is -0.467 e. The van der Waals surface area contributed by atoms with E-state index in [9.17, 15) is 0 Å². The first-order valence-corrected chi connectivity index (χ1v) is 8.93. The number of nitriles is 1. The van der Waals surface area contributed by atoms with E-state index in [1.165, 1.54) is 0 Å². The lowest BCUT2D eigenvalue weighted by molar-refractivity contribution is 0.482. The molecule has 0 bridgehead atoms. The molecule has 4 rings (SSSR count). The highest BCUT2D eigenvalue weighted by atomic mass is 32.2. The van der Waals surface area contributed by atoms with E-state index in [0.29, 0.717) is 23.7 Å². The van der Waals surface area contributed by atoms with Crippen molar-refractivity contribution < 1.29 is 8.83 Å². The molecule has 0 saturated heterocycles. The fraction of sp³-hybridized carbons (Fsp3) is 0.105. The van der Waals surface area contributed by atoms with Crippen molar-refractivity contribution in [3.05, 3.63) is 77.9 Å². The van der Waals surface area contributed by atoms with Gasteiger partial charge in [-0.25, -0.2) is 0 Å². The first-order valence-electron chi connectivity index (χ1n) is 7.95. The van der Waals surface area contributed by atoms with Gasteiger partial charge in [-0.05, 0) is 42.0 Å². The van der Waals surface area contributed by atoms with Crippen LogP contribution in [-0.4, -0.2) is 14.8 Å². The Labute approximate surface area is 154 Å². The highest BCUT2D eigenvalue weighted by Gasteiger charge is 2.17. The maximum absolute atomic E-state index is 8.89. The Kier molecular flexibility index (Phi) is 4.58. The lowest BCUT2D eigenvalue weighted by atomic mass is 10.2. The molecule has 0 spiro atoms. The summed E-state index contributed by atoms with van der Waals surface area (Å²) in [5, 5.41) is 18.3. The molecule has 0 fully saturated rings. The Morgan fingerprint density at radius 3 is 2.50 bits per heavy atom. The molecule has 0 atom stereocenters. The second-order valence-electron chi connectivity index (χ2n) is 5.55. The molecule has 26 heavy (non-hydrogen) atoms. The Morgan fingerprint density at radius 2 is 1.81 bits per heavy atom. The average molecular weight is 362 g/mol. The predicted octanol–water partition coefficient (Wildman–Crippen LogP) is 4.34. The summed E-state index contributed by atoms with van der Waals surface area (Å²) in [4.78, 5) is 0. The van der Waals surface area contributed by atoms with Crippen molar-refractivity contribution in [3.8, 4) is 17.7 Å². The summed E-state index contributed by atoms with van der Waals surface area (Å²) < 4.78 is 12.9. The maximum Gasteiger partial charge on any atom is 0.200 e. The Hall–Kier alpha value is -3.24. The molecule has 0 aliphatic rings. The summed E-state index contributed by atoms with van der Waals surface area (Å²) in [5.74, 6) is 2.86. The maximum atomic E-state index is 8.89. The summed E-state index contributed by atoms with van der Waals surface area (Å²) >= 11 is 1.58. The molecular formula is C19H14N4O2S. The van der Waals surface area contributed by atoms with Crippen molar-refractivity contribution in [2.45, 2.75) is 17.5 Å². The normalized spacial score (nSPS) is 10.7. The largest absolute Gasteiger partial charge is 0.467 e. The minimum atomic E-state index is 0.520. The number of benzene rings is 1. The zero-order chi connectivity index (χ0) is 17.8. The Morgan fingerprint density at radius 1 is 1.00 bits per heavy atom. The molecular weight excluding hydrogens is 348 g/mol. The number of hydrogen-bond acceptors (Lipinski definition) is 6. The van der Waals surface area contributed by atoms with Crippen LogP contribution in [0, 0.1) is 11.3 Å². The second-order valence-corrected chi connectivity index (χ2v) is 6.49. The summed E-state index contributed by atoms with van der Waals surface area (Å²) in [6, 6.07) is 17.1. The molecule has 1 aromatic carbocycles. The molecule has 0 radical (unpaired) electrons. The number of nitrogens with zero attached hydrogens (tertiary/aromatic N) is 4. The van der Waals surface area contributed by atoms with Gasteiger partial charge in [0.2, 0.25) is 5.82 Å². The van der Waals surface area contributed by atoms with Crippen LogP contribution in [0.15, 0.2) is 75.0 Å². The van der Waals surface area contributed by atoms with Gasteiger partial charge in [-0.1, -0.05) is 23.9 Å². The zero-order valence-corrected chi connectivity index (χ0v) is 14.5. The van der Waals surface area contributed by atoms with Crippen molar-refractivity contribution in [1.29, 1.82) is 5.26 Å². The highest BCUT2D eigenvalue weighted by molar-refractivity contribution is 7.98. The quantitative estimate of drug-likeness (QED) is 0.475. The van der Waals surface area contributed by atoms with E-state index in [0.717, 1.165) is 22.2 Å². The van der Waals surface area contributed by atoms with Gasteiger partial charge in [0.1, 0.15) is 5.76 Å². The molecule has 4 aromatic rings. The molecule has 0 saturated carbocycles. The summed E-state index contributed by atoms with van der Waals surface area (Å²) in [5.41, 5.74) is 1.76. The van der Waals surface area contributed by atoms with Crippen LogP contribution in [0.4, 0.5) is 0 Å². The molecule has 3 aromatic heterocycles. The molecule has 0 aliphatic carbocycles. The van der Waals surface area contributed by atoms with Crippen molar-refractivity contribution in [3.63, 3.8) is 0 Å². The van der Waals surface area contributed by atoms with Gasteiger partial charge < -0.3 is 8.83 Å². The number of thioether (sulfide) groups is 1. The van der Waals surface area contributed by atoms with E-state index in [4.69, 9.17) is 14.1 Å². The van der Waals surface area contributed by atoms with Gasteiger partial charge in [-0.15, -0.1) is 10.2 Å². The van der Waals surface area contributed by atoms with Crippen LogP contribution in [0.2, 0.25) is 0 Å². The zero-order valence-electron chi connectivity index (χ0n) is 13.7. The summed E-state index contributed by atoms with van der Waals surface area (Å²) in [6.45, 7) is 0.520. The number of furan rings is 2. The van der Waals surface area contributed by atoms with E-state index in [1.54, 1.807) is 24.3 Å². The molecule has 0 unspecified atom stereocenters. The SMILES string of the molecule is N#Cc1ccc(CSc2nnc(-c3ccco3)n2Cc2ccco2)cc1. The van der Waals surface area contributed by atoms with Crippen LogP contribution >= 0.6 is 11.8 Å². The fourth-order valence-corrected chi connectivity index (χ4v) is 3.40. The summed E-state index contributed by atoms with van der Waals surface area (Å²) in [7, 11) is 0. The third-order valence-electron chi connectivity index (χ3n) is 3.80. The predicted molar refractivity (Wildman–Crippen MR) is 96.3 cm³/mol. The van der Waals surface area contributed by atoms with Gasteiger partial charge in [0.15, 0.2) is 10.9 Å². The Bertz CT molecular complexity index is 1010. The standard InChI is InChI=1S/C19H14N4O2S/c20-11-14-5-7-15(8-6-14)13-26-19-22-21-18(17-4-2-10-25-17)23(19)12-16-3-1-9-24-16/h1-10H,12-13H2. The average Bonchev–Trinajstić information content (AvgIpc) is 3.43. The second kappa shape index (κ2) is 7.33. The fourth-order valence-electron chi connectivity index (χ4n) is 2.51. The monoisotopic (exact) mass is 362 g/mol. The number of hydrogen-bond donors (Lipinski definition) is 0. The lowest BCUT2D eigenvalue weighted by Crippen LogP contribution is -2.03. The van der Waals surface area contributed by atoms with Gasteiger partial charge >= 0.3 is 0 Å². The van der Waals surface area contributed by atoms with E-state index in [1.807, 2.05) is 53.1 Å². The molecule has 7 heteroatoms. The van der Waals surface area contributed by atoms with E-state index in [-0.39, 0.29) is 0 Å². The Balaban J connectivity index is 1.59. The topological polar surface area (TPSA) is 80.8 Å². The van der Waals surface area contributed by atoms with E-state index < -0.39 is 0 Å². The van der Waals surface area contributed by atoms with Crippen LogP contribution in [-0.2, 0) is 12.3 Å². The van der Waals surface area contributed by atoms with Crippen molar-refractivity contribution in [1.82, 2.24) is 14.8 Å². The minimum absolute atomic E-state index is 0.520. The van der Waals surface area contributed by atoms with E-state index in [2.05, 4.69) is 16.3 Å². The highest BCUT2D eigenvalue weighted by Crippen LogP contribution is 2.27. The van der Waals surface area contributed by atoms with Gasteiger partial charge in [-0.2, -0.15) is 5.26 Å². The van der Waals surface area contributed by atoms with Crippen molar-refractivity contribution in [2.75, 3.05) is 0 Å². The van der Waals surface area contributed by atoms with Crippen LogP contribution in [0.25, 0.3) is 11.6 Å². The van der Waals surface area contributed by atoms with E-state index >= 15 is 0 Å². The molecule has 3 heterocycles. The third kappa shape index (κ3) is 3.41. The molecule has 6 nitrogen and oxygen atoms in total. The van der Waals surface area contributed by atoms with Crippen molar-refractivity contribution in [2.24, 2.45) is 0 Å². The van der Waals surface area contributed by atoms with Gasteiger partial charge in [0.25, 0.3) is 0 Å². The van der Waals surface area contributed by atoms with Crippen LogP contribution in [0.1, 0.15) is 16.9 Å². The van der Waals surface area contributed by atoms with Crippen LogP contribution in [0.3, 0.4) is 0 Å².